The first-order valence-corrected chi connectivity index (χ1v) is 11.0. The minimum absolute atomic E-state index is 0.0308. The van der Waals surface area contributed by atoms with E-state index in [1.54, 1.807) is 12.1 Å². The van der Waals surface area contributed by atoms with Gasteiger partial charge in [0.1, 0.15) is 5.76 Å². The van der Waals surface area contributed by atoms with Gasteiger partial charge in [-0.1, -0.05) is 0 Å². The van der Waals surface area contributed by atoms with E-state index in [2.05, 4.69) is 4.98 Å². The predicted octanol–water partition coefficient (Wildman–Crippen LogP) is 2.95. The van der Waals surface area contributed by atoms with Crippen LogP contribution < -0.4 is 14.2 Å². The summed E-state index contributed by atoms with van der Waals surface area (Å²) in [6, 6.07) is 2.58. The number of benzene rings is 1. The van der Waals surface area contributed by atoms with Crippen LogP contribution in [-0.2, 0) is 9.59 Å². The van der Waals surface area contributed by atoms with Crippen molar-refractivity contribution in [3.8, 4) is 17.2 Å². The van der Waals surface area contributed by atoms with Crippen LogP contribution in [0.5, 0.6) is 17.2 Å². The molecule has 184 valence electrons. The summed E-state index contributed by atoms with van der Waals surface area (Å²) in [7, 11) is 8.28. The number of Topliss-reactive ketones (excluding diaryl/α,β-unsaturated/α-hetero) is 1. The van der Waals surface area contributed by atoms with Gasteiger partial charge in [0.05, 0.1) is 32.9 Å². The Hall–Kier alpha value is -3.46. The van der Waals surface area contributed by atoms with Crippen molar-refractivity contribution in [1.82, 2.24) is 14.8 Å². The Morgan fingerprint density at radius 1 is 1.03 bits per heavy atom. The minimum atomic E-state index is -0.831. The molecule has 3 rings (SSSR count). The molecule has 0 bridgehead atoms. The van der Waals surface area contributed by atoms with Crippen molar-refractivity contribution in [3.63, 3.8) is 0 Å². The molecule has 1 saturated heterocycles. The molecule has 0 aliphatic carbocycles. The van der Waals surface area contributed by atoms with Crippen molar-refractivity contribution in [1.29, 1.82) is 0 Å². The smallest absolute Gasteiger partial charge is 0.295 e. The number of aromatic amines is 1. The number of H-pyrrole nitrogens is 1. The number of aryl methyl sites for hydroxylation is 2. The van der Waals surface area contributed by atoms with Gasteiger partial charge in [0, 0.05) is 30.0 Å². The summed E-state index contributed by atoms with van der Waals surface area (Å²) in [5.74, 6) is -0.423. The summed E-state index contributed by atoms with van der Waals surface area (Å²) < 4.78 is 16.4. The lowest BCUT2D eigenvalue weighted by Crippen LogP contribution is -2.35. The highest BCUT2D eigenvalue weighted by Gasteiger charge is 2.46. The molecule has 2 N–H and O–H groups in total. The number of carbonyl (C=O) groups is 2. The quantitative estimate of drug-likeness (QED) is 0.347. The largest absolute Gasteiger partial charge is 0.507 e. The number of ketones is 1. The third-order valence-electron chi connectivity index (χ3n) is 6.26. The molecular weight excluding hydrogens is 438 g/mol. The number of hydrogen-bond donors (Lipinski definition) is 2. The molecule has 1 fully saturated rings. The molecule has 1 aliphatic rings. The van der Waals surface area contributed by atoms with Crippen molar-refractivity contribution in [2.45, 2.75) is 26.8 Å². The normalized spacial score (nSPS) is 17.6. The van der Waals surface area contributed by atoms with Gasteiger partial charge in [-0.2, -0.15) is 0 Å². The zero-order valence-corrected chi connectivity index (χ0v) is 21.0. The van der Waals surface area contributed by atoms with Crippen LogP contribution in [0.3, 0.4) is 0 Å². The topological polar surface area (TPSA) is 104 Å². The molecule has 1 amide bonds. The maximum absolute atomic E-state index is 13.3. The Bertz CT molecular complexity index is 1120. The average Bonchev–Trinajstić information content (AvgIpc) is 3.21. The molecule has 1 aromatic heterocycles. The second-order valence-corrected chi connectivity index (χ2v) is 8.63. The number of carbonyl (C=O) groups excluding carboxylic acids is 2. The standard InChI is InChI=1S/C25H33N3O6/c1-13-14(2)26-15(3)19(13)22(29)20-21(28(10-9-27(4)5)25(31)23(20)30)16-11-17(32-6)24(34-8)18(12-16)33-7/h11-12,21,26,29H,9-10H2,1-8H3/b22-20+. The Morgan fingerprint density at radius 3 is 2.06 bits per heavy atom. The van der Waals surface area contributed by atoms with Crippen molar-refractivity contribution >= 4 is 17.4 Å². The average molecular weight is 472 g/mol. The van der Waals surface area contributed by atoms with Crippen LogP contribution in [0.2, 0.25) is 0 Å². The van der Waals surface area contributed by atoms with Crippen molar-refractivity contribution in [2.75, 3.05) is 48.5 Å². The fraction of sp³-hybridized carbons (Fsp3) is 0.440. The Morgan fingerprint density at radius 2 is 1.62 bits per heavy atom. The highest BCUT2D eigenvalue weighted by Crippen LogP contribution is 2.46. The van der Waals surface area contributed by atoms with Gasteiger partial charge in [-0.15, -0.1) is 0 Å². The molecule has 9 nitrogen and oxygen atoms in total. The number of hydrogen-bond acceptors (Lipinski definition) is 7. The van der Waals surface area contributed by atoms with Crippen molar-refractivity contribution in [3.05, 3.63) is 45.8 Å². The Labute approximate surface area is 199 Å². The maximum atomic E-state index is 13.3. The number of likely N-dealkylation sites (N-methyl/N-ethyl adjacent to an activating group) is 1. The van der Waals surface area contributed by atoms with Gasteiger partial charge >= 0.3 is 0 Å². The van der Waals surface area contributed by atoms with Crippen molar-refractivity contribution < 1.29 is 28.9 Å². The van der Waals surface area contributed by atoms with Gasteiger partial charge in [0.25, 0.3) is 11.7 Å². The lowest BCUT2D eigenvalue weighted by atomic mass is 9.93. The fourth-order valence-corrected chi connectivity index (χ4v) is 4.42. The van der Waals surface area contributed by atoms with Crippen LogP contribution in [0.1, 0.15) is 34.1 Å². The van der Waals surface area contributed by atoms with E-state index >= 15 is 0 Å². The summed E-state index contributed by atoms with van der Waals surface area (Å²) in [5.41, 5.74) is 3.54. The molecular formula is C25H33N3O6. The zero-order chi connectivity index (χ0) is 25.3. The number of amides is 1. The lowest BCUT2D eigenvalue weighted by molar-refractivity contribution is -0.140. The van der Waals surface area contributed by atoms with E-state index in [0.717, 1.165) is 17.0 Å². The highest BCUT2D eigenvalue weighted by molar-refractivity contribution is 6.46. The van der Waals surface area contributed by atoms with Gasteiger partial charge in [-0.3, -0.25) is 9.59 Å². The third-order valence-corrected chi connectivity index (χ3v) is 6.26. The molecule has 0 spiro atoms. The van der Waals surface area contributed by atoms with E-state index in [-0.39, 0.29) is 11.3 Å². The monoisotopic (exact) mass is 471 g/mol. The molecule has 0 saturated carbocycles. The first-order chi connectivity index (χ1) is 16.1. The van der Waals surface area contributed by atoms with E-state index in [4.69, 9.17) is 14.2 Å². The van der Waals surface area contributed by atoms with Crippen LogP contribution in [0.4, 0.5) is 0 Å². The van der Waals surface area contributed by atoms with Gasteiger partial charge in [-0.05, 0) is 58.1 Å². The maximum Gasteiger partial charge on any atom is 0.295 e. The molecule has 1 unspecified atom stereocenters. The number of aliphatic hydroxyl groups excluding tert-OH is 1. The van der Waals surface area contributed by atoms with Crippen molar-refractivity contribution in [2.24, 2.45) is 0 Å². The number of nitrogens with one attached hydrogen (secondary N) is 1. The van der Waals surface area contributed by atoms with E-state index < -0.39 is 17.7 Å². The zero-order valence-electron chi connectivity index (χ0n) is 21.0. The van der Waals surface area contributed by atoms with E-state index in [0.29, 0.717) is 41.5 Å². The lowest BCUT2D eigenvalue weighted by Gasteiger charge is -2.27. The van der Waals surface area contributed by atoms with Crippen LogP contribution in [0.25, 0.3) is 5.76 Å². The van der Waals surface area contributed by atoms with Crippen LogP contribution >= 0.6 is 0 Å². The number of likely N-dealkylation sites (tertiary alicyclic amines) is 1. The second-order valence-electron chi connectivity index (χ2n) is 8.63. The molecule has 34 heavy (non-hydrogen) atoms. The first-order valence-electron chi connectivity index (χ1n) is 11.0. The van der Waals surface area contributed by atoms with Crippen LogP contribution in [-0.4, -0.2) is 80.1 Å². The molecule has 2 heterocycles. The van der Waals surface area contributed by atoms with Gasteiger partial charge in [0.15, 0.2) is 11.5 Å². The van der Waals surface area contributed by atoms with Crippen LogP contribution in [0.15, 0.2) is 17.7 Å². The first kappa shape index (κ1) is 25.2. The fourth-order valence-electron chi connectivity index (χ4n) is 4.42. The molecule has 1 aromatic carbocycles. The third kappa shape index (κ3) is 4.23. The van der Waals surface area contributed by atoms with E-state index in [1.165, 1.54) is 26.2 Å². The Kier molecular flexibility index (Phi) is 7.26. The summed E-state index contributed by atoms with van der Waals surface area (Å²) in [6.45, 7) is 6.41. The molecule has 0 radical (unpaired) electrons. The summed E-state index contributed by atoms with van der Waals surface area (Å²) in [5, 5.41) is 11.4. The highest BCUT2D eigenvalue weighted by atomic mass is 16.5. The van der Waals surface area contributed by atoms with Gasteiger partial charge in [-0.25, -0.2) is 0 Å². The Balaban J connectivity index is 2.31. The molecule has 2 aromatic rings. The number of rotatable bonds is 8. The van der Waals surface area contributed by atoms with E-state index in [1.807, 2.05) is 39.8 Å². The van der Waals surface area contributed by atoms with Crippen LogP contribution in [0, 0.1) is 20.8 Å². The summed E-state index contributed by atoms with van der Waals surface area (Å²) >= 11 is 0. The predicted molar refractivity (Wildman–Crippen MR) is 129 cm³/mol. The summed E-state index contributed by atoms with van der Waals surface area (Å²) in [4.78, 5) is 33.1. The van der Waals surface area contributed by atoms with Gasteiger partial charge < -0.3 is 34.1 Å². The summed E-state index contributed by atoms with van der Waals surface area (Å²) in [6.07, 6.45) is 0. The number of methoxy groups -OCH3 is 3. The van der Waals surface area contributed by atoms with E-state index in [9.17, 15) is 14.7 Å². The number of ether oxygens (including phenoxy) is 3. The SMILES string of the molecule is COc1cc(C2/C(=C(\O)c3c(C)[nH]c(C)c3C)C(=O)C(=O)N2CCN(C)C)cc(OC)c1OC. The molecule has 1 atom stereocenters. The molecule has 9 heteroatoms. The molecule has 1 aliphatic heterocycles. The minimum Gasteiger partial charge on any atom is -0.507 e. The van der Waals surface area contributed by atoms with Gasteiger partial charge in [0.2, 0.25) is 5.75 Å². The second kappa shape index (κ2) is 9.80. The number of aliphatic hydroxyl groups is 1. The number of nitrogens with zero attached hydrogens (tertiary/aromatic N) is 2. The number of aromatic nitrogens is 1.